The molecule has 0 fully saturated rings. The number of rotatable bonds is 3. The summed E-state index contributed by atoms with van der Waals surface area (Å²) in [5.41, 5.74) is 1.46. The molecule has 0 aromatic carbocycles. The molecule has 0 aliphatic rings. The van der Waals surface area contributed by atoms with Crippen LogP contribution in [0.2, 0.25) is 0 Å². The first-order chi connectivity index (χ1) is 9.61. The van der Waals surface area contributed by atoms with E-state index in [9.17, 15) is 4.79 Å². The average Bonchev–Trinajstić information content (AvgIpc) is 3.08. The molecule has 0 bridgehead atoms. The van der Waals surface area contributed by atoms with Crippen LogP contribution in [-0.4, -0.2) is 23.0 Å². The average molecular weight is 310 g/mol. The van der Waals surface area contributed by atoms with E-state index in [4.69, 9.17) is 4.74 Å². The second kappa shape index (κ2) is 7.91. The highest BCUT2D eigenvalue weighted by Crippen LogP contribution is 2.31. The van der Waals surface area contributed by atoms with Crippen molar-refractivity contribution < 1.29 is 9.53 Å². The summed E-state index contributed by atoms with van der Waals surface area (Å²) in [6.45, 7) is 7.95. The molecule has 0 atom stereocenters. The van der Waals surface area contributed by atoms with Gasteiger partial charge in [-0.3, -0.25) is 0 Å². The zero-order chi connectivity index (χ0) is 15.1. The molecule has 2 heterocycles. The van der Waals surface area contributed by atoms with E-state index < -0.39 is 5.97 Å². The van der Waals surface area contributed by atoms with E-state index in [0.29, 0.717) is 5.69 Å². The van der Waals surface area contributed by atoms with Gasteiger partial charge in [-0.05, 0) is 19.9 Å². The third kappa shape index (κ3) is 3.98. The van der Waals surface area contributed by atoms with E-state index in [0.717, 1.165) is 20.5 Å². The van der Waals surface area contributed by atoms with Crippen LogP contribution in [0.15, 0.2) is 17.2 Å². The van der Waals surface area contributed by atoms with Gasteiger partial charge in [-0.25, -0.2) is 14.8 Å². The zero-order valence-corrected chi connectivity index (χ0v) is 13.9. The number of thiazole rings is 2. The Labute approximate surface area is 127 Å². The minimum Gasteiger partial charge on any atom is -0.464 e. The Morgan fingerprint density at radius 1 is 1.30 bits per heavy atom. The van der Waals surface area contributed by atoms with Crippen LogP contribution in [-0.2, 0) is 4.74 Å². The number of aromatic nitrogens is 2. The Morgan fingerprint density at radius 3 is 2.50 bits per heavy atom. The summed E-state index contributed by atoms with van der Waals surface area (Å²) in [5, 5.41) is 3.45. The number of methoxy groups -OCH3 is 1. The fraction of sp³-hybridized carbons (Fsp3) is 0.357. The molecule has 6 heteroatoms. The number of carbonyl (C=O) groups is 1. The summed E-state index contributed by atoms with van der Waals surface area (Å²) >= 11 is 2.95. The Balaban J connectivity index is 0.000000956. The highest BCUT2D eigenvalue weighted by atomic mass is 32.1. The minimum absolute atomic E-state index is 0.355. The number of allylic oxidation sites excluding steroid dienone is 1. The van der Waals surface area contributed by atoms with E-state index in [1.807, 2.05) is 39.2 Å². The van der Waals surface area contributed by atoms with Crippen molar-refractivity contribution in [3.05, 3.63) is 27.7 Å². The number of ether oxygens (including phenoxy) is 1. The van der Waals surface area contributed by atoms with Crippen molar-refractivity contribution in [1.29, 1.82) is 0 Å². The third-order valence-corrected chi connectivity index (χ3v) is 3.99. The molecule has 4 nitrogen and oxygen atoms in total. The number of esters is 1. The van der Waals surface area contributed by atoms with E-state index >= 15 is 0 Å². The van der Waals surface area contributed by atoms with Crippen LogP contribution in [0.3, 0.4) is 0 Å². The lowest BCUT2D eigenvalue weighted by molar-refractivity contribution is 0.0595. The molecule has 2 aromatic rings. The molecule has 0 aliphatic heterocycles. The summed E-state index contributed by atoms with van der Waals surface area (Å²) in [5.74, 6) is -0.415. The van der Waals surface area contributed by atoms with E-state index in [-0.39, 0.29) is 0 Å². The number of carbonyl (C=O) groups excluding carboxylic acids is 1. The van der Waals surface area contributed by atoms with Crippen molar-refractivity contribution in [2.45, 2.75) is 27.7 Å². The monoisotopic (exact) mass is 310 g/mol. The van der Waals surface area contributed by atoms with Gasteiger partial charge >= 0.3 is 5.97 Å². The number of hydrogen-bond donors (Lipinski definition) is 0. The highest BCUT2D eigenvalue weighted by molar-refractivity contribution is 7.21. The van der Waals surface area contributed by atoms with Crippen molar-refractivity contribution >= 4 is 34.7 Å². The Bertz CT molecular complexity index is 582. The number of hydrogen-bond acceptors (Lipinski definition) is 6. The van der Waals surface area contributed by atoms with Gasteiger partial charge < -0.3 is 4.74 Å². The van der Waals surface area contributed by atoms with Crippen LogP contribution in [0.4, 0.5) is 0 Å². The van der Waals surface area contributed by atoms with Gasteiger partial charge in [0.15, 0.2) is 15.7 Å². The van der Waals surface area contributed by atoms with Gasteiger partial charge in [0.25, 0.3) is 0 Å². The molecule has 0 unspecified atom stereocenters. The van der Waals surface area contributed by atoms with Crippen molar-refractivity contribution in [3.8, 4) is 10.0 Å². The smallest absolute Gasteiger partial charge is 0.358 e. The minimum atomic E-state index is -0.415. The Morgan fingerprint density at radius 2 is 2.00 bits per heavy atom. The van der Waals surface area contributed by atoms with E-state index in [2.05, 4.69) is 9.97 Å². The summed E-state index contributed by atoms with van der Waals surface area (Å²) in [4.78, 5) is 21.0. The van der Waals surface area contributed by atoms with E-state index in [1.165, 1.54) is 29.8 Å². The number of nitrogens with zero attached hydrogens (tertiary/aromatic N) is 2. The molecule has 0 saturated carbocycles. The maximum atomic E-state index is 11.7. The predicted octanol–water partition coefficient (Wildman–Crippen LogP) is 4.50. The molecule has 2 aromatic heterocycles. The predicted molar refractivity (Wildman–Crippen MR) is 85.2 cm³/mol. The first kappa shape index (κ1) is 16.5. The van der Waals surface area contributed by atoms with Gasteiger partial charge in [-0.1, -0.05) is 19.4 Å². The second-order valence-electron chi connectivity index (χ2n) is 3.78. The molecule has 0 radical (unpaired) electrons. The van der Waals surface area contributed by atoms with Crippen LogP contribution in [0.5, 0.6) is 0 Å². The van der Waals surface area contributed by atoms with Gasteiger partial charge in [0.05, 0.1) is 12.0 Å². The quantitative estimate of drug-likeness (QED) is 0.783. The van der Waals surface area contributed by atoms with Gasteiger partial charge in [0, 0.05) is 11.6 Å². The first-order valence-electron chi connectivity index (χ1n) is 6.25. The maximum absolute atomic E-state index is 11.7. The summed E-state index contributed by atoms with van der Waals surface area (Å²) < 4.78 is 4.75. The molecule has 20 heavy (non-hydrogen) atoms. The standard InChI is InChI=1S/C12H12N2O2S2.C2H6/c1-7(2)6-8-9(12(15)16-3)14-11(18-8)10-13-4-5-17-10;1-2/h4-6H,1-3H3;1-2H3. The summed E-state index contributed by atoms with van der Waals surface area (Å²) in [7, 11) is 1.36. The highest BCUT2D eigenvalue weighted by Gasteiger charge is 2.19. The topological polar surface area (TPSA) is 52.1 Å². The molecule has 0 spiro atoms. The lowest BCUT2D eigenvalue weighted by Gasteiger charge is -1.95. The summed E-state index contributed by atoms with van der Waals surface area (Å²) in [6.07, 6.45) is 3.65. The molecular formula is C14H18N2O2S2. The van der Waals surface area contributed by atoms with Gasteiger partial charge in [0.2, 0.25) is 0 Å². The Hall–Kier alpha value is -1.53. The van der Waals surface area contributed by atoms with Crippen molar-refractivity contribution in [2.24, 2.45) is 0 Å². The molecular weight excluding hydrogens is 292 g/mol. The molecule has 108 valence electrons. The lowest BCUT2D eigenvalue weighted by atomic mass is 10.2. The Kier molecular flexibility index (Phi) is 6.54. The van der Waals surface area contributed by atoms with Crippen molar-refractivity contribution in [3.63, 3.8) is 0 Å². The normalized spacial score (nSPS) is 9.45. The molecule has 0 N–H and O–H groups in total. The summed E-state index contributed by atoms with van der Waals surface area (Å²) in [6, 6.07) is 0. The van der Waals surface area contributed by atoms with Crippen LogP contribution in [0.25, 0.3) is 16.1 Å². The maximum Gasteiger partial charge on any atom is 0.358 e. The van der Waals surface area contributed by atoms with Crippen molar-refractivity contribution in [1.82, 2.24) is 9.97 Å². The molecule has 0 aliphatic carbocycles. The fourth-order valence-corrected chi connectivity index (χ4v) is 3.15. The van der Waals surface area contributed by atoms with Gasteiger partial charge in [-0.15, -0.1) is 22.7 Å². The SMILES string of the molecule is CC.COC(=O)c1nc(-c2nccs2)sc1C=C(C)C. The fourth-order valence-electron chi connectivity index (χ4n) is 1.36. The lowest BCUT2D eigenvalue weighted by Crippen LogP contribution is -2.03. The van der Waals surface area contributed by atoms with E-state index in [1.54, 1.807) is 6.20 Å². The van der Waals surface area contributed by atoms with Gasteiger partial charge in [0.1, 0.15) is 0 Å². The van der Waals surface area contributed by atoms with Crippen LogP contribution < -0.4 is 0 Å². The van der Waals surface area contributed by atoms with Gasteiger partial charge in [-0.2, -0.15) is 0 Å². The van der Waals surface area contributed by atoms with Crippen molar-refractivity contribution in [2.75, 3.05) is 7.11 Å². The zero-order valence-electron chi connectivity index (χ0n) is 12.3. The van der Waals surface area contributed by atoms with Crippen LogP contribution in [0.1, 0.15) is 43.1 Å². The first-order valence-corrected chi connectivity index (χ1v) is 7.95. The molecule has 0 amide bonds. The largest absolute Gasteiger partial charge is 0.464 e. The third-order valence-electron chi connectivity index (χ3n) is 2.07. The molecule has 2 rings (SSSR count). The van der Waals surface area contributed by atoms with Crippen LogP contribution in [0, 0.1) is 0 Å². The molecule has 0 saturated heterocycles. The second-order valence-corrected chi connectivity index (χ2v) is 5.71. The van der Waals surface area contributed by atoms with Crippen LogP contribution >= 0.6 is 22.7 Å².